The molecule has 0 radical (unpaired) electrons. The zero-order valence-electron chi connectivity index (χ0n) is 6.53. The molecule has 0 bridgehead atoms. The van der Waals surface area contributed by atoms with Crippen molar-refractivity contribution in [1.82, 2.24) is 0 Å². The second kappa shape index (κ2) is 8.34. The molecule has 2 heteroatoms. The lowest BCUT2D eigenvalue weighted by Gasteiger charge is -1.88. The number of hydrogen-bond donors (Lipinski definition) is 0. The zero-order chi connectivity index (χ0) is 8.57. The van der Waals surface area contributed by atoms with Crippen LogP contribution in [0.1, 0.15) is 20.3 Å². The van der Waals surface area contributed by atoms with Crippen LogP contribution >= 0.6 is 0 Å². The summed E-state index contributed by atoms with van der Waals surface area (Å²) >= 11 is 0. The third-order valence-electron chi connectivity index (χ3n) is 0.720. The van der Waals surface area contributed by atoms with E-state index in [4.69, 9.17) is 0 Å². The molecule has 0 fully saturated rings. The lowest BCUT2D eigenvalue weighted by molar-refractivity contribution is 0.352. The summed E-state index contributed by atoms with van der Waals surface area (Å²) < 4.78 is 22.6. The van der Waals surface area contributed by atoms with E-state index in [9.17, 15) is 8.78 Å². The maximum absolute atomic E-state index is 11.3. The van der Waals surface area contributed by atoms with Gasteiger partial charge in [0.05, 0.1) is 0 Å². The second-order valence-corrected chi connectivity index (χ2v) is 1.76. The van der Waals surface area contributed by atoms with E-state index in [-0.39, 0.29) is 0 Å². The van der Waals surface area contributed by atoms with Crippen LogP contribution in [0.2, 0.25) is 0 Å². The fraction of sp³-hybridized carbons (Fsp3) is 0.500. The van der Waals surface area contributed by atoms with E-state index in [2.05, 4.69) is 20.1 Å². The molecule has 0 aliphatic rings. The van der Waals surface area contributed by atoms with Gasteiger partial charge in [-0.3, -0.25) is 0 Å². The van der Waals surface area contributed by atoms with E-state index in [0.29, 0.717) is 0 Å². The molecular formula is C8H14F2. The van der Waals surface area contributed by atoms with E-state index in [0.717, 1.165) is 13.3 Å². The highest BCUT2D eigenvalue weighted by atomic mass is 19.2. The molecule has 0 heterocycles. The quantitative estimate of drug-likeness (QED) is 0.526. The van der Waals surface area contributed by atoms with Crippen molar-refractivity contribution in [2.45, 2.75) is 26.4 Å². The Labute approximate surface area is 61.3 Å². The standard InChI is InChI=1S/C4H6F2.C4H8/c1-3(5)4(2)6;1-3-4-2/h4H,1H2,2H3;3H,1,4H2,2H3. The molecule has 0 N–H and O–H groups in total. The van der Waals surface area contributed by atoms with Crippen LogP contribution in [0.15, 0.2) is 25.1 Å². The summed E-state index contributed by atoms with van der Waals surface area (Å²) in [5, 5.41) is 0. The molecule has 60 valence electrons. The minimum Gasteiger partial charge on any atom is -0.240 e. The molecule has 1 atom stereocenters. The van der Waals surface area contributed by atoms with Crippen molar-refractivity contribution in [2.24, 2.45) is 0 Å². The maximum atomic E-state index is 11.3. The van der Waals surface area contributed by atoms with Gasteiger partial charge >= 0.3 is 0 Å². The van der Waals surface area contributed by atoms with Crippen LogP contribution in [0.5, 0.6) is 0 Å². The topological polar surface area (TPSA) is 0 Å². The number of allylic oxidation sites excluding steroid dienone is 2. The van der Waals surface area contributed by atoms with Crippen molar-refractivity contribution >= 4 is 0 Å². The van der Waals surface area contributed by atoms with Gasteiger partial charge < -0.3 is 0 Å². The molecule has 0 spiro atoms. The predicted molar refractivity (Wildman–Crippen MR) is 41.3 cm³/mol. The lowest BCUT2D eigenvalue weighted by Crippen LogP contribution is -1.88. The van der Waals surface area contributed by atoms with Crippen molar-refractivity contribution in [3.63, 3.8) is 0 Å². The number of alkyl halides is 1. The average molecular weight is 148 g/mol. The van der Waals surface area contributed by atoms with Crippen LogP contribution in [0.3, 0.4) is 0 Å². The Kier molecular flexibility index (Phi) is 10.1. The summed E-state index contributed by atoms with van der Waals surface area (Å²) in [6.07, 6.45) is 1.45. The highest BCUT2D eigenvalue weighted by Gasteiger charge is 1.98. The van der Waals surface area contributed by atoms with Gasteiger partial charge in [-0.05, 0) is 13.3 Å². The number of hydrogen-bond acceptors (Lipinski definition) is 0. The summed E-state index contributed by atoms with van der Waals surface area (Å²) in [7, 11) is 0. The Morgan fingerprint density at radius 1 is 1.70 bits per heavy atom. The summed E-state index contributed by atoms with van der Waals surface area (Å²) in [6.45, 7) is 9.35. The van der Waals surface area contributed by atoms with Crippen molar-refractivity contribution in [3.8, 4) is 0 Å². The number of rotatable bonds is 2. The van der Waals surface area contributed by atoms with Gasteiger partial charge in [0, 0.05) is 0 Å². The van der Waals surface area contributed by atoms with Gasteiger partial charge in [-0.2, -0.15) is 0 Å². The third-order valence-corrected chi connectivity index (χ3v) is 0.720. The van der Waals surface area contributed by atoms with Crippen molar-refractivity contribution in [1.29, 1.82) is 0 Å². The molecule has 0 aromatic carbocycles. The molecule has 0 saturated heterocycles. The number of halogens is 2. The van der Waals surface area contributed by atoms with Crippen molar-refractivity contribution in [3.05, 3.63) is 25.1 Å². The lowest BCUT2D eigenvalue weighted by atomic mass is 10.4. The molecule has 0 rings (SSSR count). The van der Waals surface area contributed by atoms with Gasteiger partial charge in [0.25, 0.3) is 0 Å². The van der Waals surface area contributed by atoms with Crippen molar-refractivity contribution < 1.29 is 8.78 Å². The molecular weight excluding hydrogens is 134 g/mol. The van der Waals surface area contributed by atoms with E-state index in [1.54, 1.807) is 0 Å². The minimum atomic E-state index is -1.51. The SMILES string of the molecule is C=C(F)C(C)F.C=CCC. The highest BCUT2D eigenvalue weighted by Crippen LogP contribution is 2.01. The molecule has 0 saturated carbocycles. The third kappa shape index (κ3) is 15.7. The first kappa shape index (κ1) is 12.1. The maximum Gasteiger partial charge on any atom is 0.148 e. The van der Waals surface area contributed by atoms with E-state index in [1.807, 2.05) is 6.08 Å². The molecule has 10 heavy (non-hydrogen) atoms. The summed E-state index contributed by atoms with van der Waals surface area (Å²) in [5.41, 5.74) is 0. The molecule has 0 nitrogen and oxygen atoms in total. The highest BCUT2D eigenvalue weighted by molar-refractivity contribution is 4.85. The molecule has 0 aliphatic carbocycles. The molecule has 0 aliphatic heterocycles. The van der Waals surface area contributed by atoms with Gasteiger partial charge in [-0.1, -0.05) is 19.6 Å². The average Bonchev–Trinajstić information content (AvgIpc) is 1.89. The fourth-order valence-corrected chi connectivity index (χ4v) is 0. The smallest absolute Gasteiger partial charge is 0.148 e. The monoisotopic (exact) mass is 148 g/mol. The van der Waals surface area contributed by atoms with Gasteiger partial charge in [0.15, 0.2) is 0 Å². The predicted octanol–water partition coefficient (Wildman–Crippen LogP) is 3.41. The van der Waals surface area contributed by atoms with Gasteiger partial charge in [0.2, 0.25) is 0 Å². The first-order chi connectivity index (χ1) is 4.56. The Balaban J connectivity index is 0. The second-order valence-electron chi connectivity index (χ2n) is 1.76. The Hall–Kier alpha value is -0.660. The minimum absolute atomic E-state index is 0.907. The van der Waals surface area contributed by atoms with Crippen LogP contribution in [0, 0.1) is 0 Å². The first-order valence-corrected chi connectivity index (χ1v) is 3.15. The largest absolute Gasteiger partial charge is 0.240 e. The first-order valence-electron chi connectivity index (χ1n) is 3.15. The molecule has 1 unspecified atom stereocenters. The Morgan fingerprint density at radius 3 is 1.90 bits per heavy atom. The summed E-state index contributed by atoms with van der Waals surface area (Å²) in [4.78, 5) is 0. The zero-order valence-corrected chi connectivity index (χ0v) is 6.53. The van der Waals surface area contributed by atoms with Crippen LogP contribution in [-0.4, -0.2) is 6.17 Å². The van der Waals surface area contributed by atoms with E-state index in [1.165, 1.54) is 0 Å². The Morgan fingerprint density at radius 2 is 1.90 bits per heavy atom. The van der Waals surface area contributed by atoms with E-state index < -0.39 is 12.0 Å². The summed E-state index contributed by atoms with van der Waals surface area (Å²) in [5.74, 6) is -0.907. The molecule has 0 amide bonds. The molecule has 0 aromatic heterocycles. The van der Waals surface area contributed by atoms with Crippen LogP contribution in [-0.2, 0) is 0 Å². The van der Waals surface area contributed by atoms with Crippen molar-refractivity contribution in [2.75, 3.05) is 0 Å². The van der Waals surface area contributed by atoms with Gasteiger partial charge in [0.1, 0.15) is 12.0 Å². The fourth-order valence-electron chi connectivity index (χ4n) is 0. The molecule has 0 aromatic rings. The normalized spacial score (nSPS) is 10.8. The summed E-state index contributed by atoms with van der Waals surface area (Å²) in [6, 6.07) is 0. The Bertz CT molecular complexity index is 95.4. The van der Waals surface area contributed by atoms with E-state index >= 15 is 0 Å². The van der Waals surface area contributed by atoms with Gasteiger partial charge in [-0.15, -0.1) is 6.58 Å². The van der Waals surface area contributed by atoms with Crippen LogP contribution < -0.4 is 0 Å². The van der Waals surface area contributed by atoms with Gasteiger partial charge in [-0.25, -0.2) is 8.78 Å². The van der Waals surface area contributed by atoms with Crippen LogP contribution in [0.4, 0.5) is 8.78 Å². The van der Waals surface area contributed by atoms with Crippen LogP contribution in [0.25, 0.3) is 0 Å².